The van der Waals surface area contributed by atoms with Gasteiger partial charge in [-0.25, -0.2) is 13.8 Å². The predicted molar refractivity (Wildman–Crippen MR) is 71.0 cm³/mol. The molecule has 2 heterocycles. The zero-order valence-corrected chi connectivity index (χ0v) is 10.7. The number of piperidine rings is 1. The third-order valence-corrected chi connectivity index (χ3v) is 3.44. The van der Waals surface area contributed by atoms with Gasteiger partial charge in [-0.05, 0) is 6.07 Å². The molecule has 2 aromatic rings. The molecule has 0 atom stereocenters. The van der Waals surface area contributed by atoms with Gasteiger partial charge in [0.2, 0.25) is 0 Å². The Morgan fingerprint density at radius 3 is 2.55 bits per heavy atom. The number of benzene rings is 1. The maximum absolute atomic E-state index is 14.2. The van der Waals surface area contributed by atoms with Crippen molar-refractivity contribution >= 4 is 11.4 Å². The Hall–Kier alpha value is -2.24. The number of aromatic nitrogens is 1. The van der Waals surface area contributed by atoms with Crippen molar-refractivity contribution in [2.24, 2.45) is 0 Å². The van der Waals surface area contributed by atoms with Gasteiger partial charge in [0.05, 0.1) is 17.4 Å². The summed E-state index contributed by atoms with van der Waals surface area (Å²) in [4.78, 5) is 5.46. The van der Waals surface area contributed by atoms with Crippen molar-refractivity contribution in [2.75, 3.05) is 18.0 Å². The number of anilines is 1. The largest absolute Gasteiger partial charge is 0.443 e. The summed E-state index contributed by atoms with van der Waals surface area (Å²) in [5.74, 6) is -0.835. The topological polar surface area (TPSA) is 53.1 Å². The Kier molecular flexibility index (Phi) is 3.22. The molecule has 0 unspecified atom stereocenters. The van der Waals surface area contributed by atoms with E-state index in [-0.39, 0.29) is 17.0 Å². The van der Waals surface area contributed by atoms with Crippen LogP contribution in [0.25, 0.3) is 11.3 Å². The van der Waals surface area contributed by atoms with Crippen LogP contribution in [0.4, 0.5) is 14.5 Å². The molecule has 1 aliphatic heterocycles. The summed E-state index contributed by atoms with van der Waals surface area (Å²) in [6, 6.07) is 2.31. The Morgan fingerprint density at radius 2 is 1.90 bits per heavy atom. The van der Waals surface area contributed by atoms with Crippen LogP contribution in [-0.2, 0) is 0 Å². The van der Waals surface area contributed by atoms with Crippen molar-refractivity contribution in [3.8, 4) is 11.3 Å². The molecule has 20 heavy (non-hydrogen) atoms. The van der Waals surface area contributed by atoms with E-state index in [1.807, 2.05) is 0 Å². The molecule has 1 N–H and O–H groups in total. The molecule has 0 aliphatic carbocycles. The zero-order valence-electron chi connectivity index (χ0n) is 10.7. The van der Waals surface area contributed by atoms with Crippen molar-refractivity contribution < 1.29 is 13.2 Å². The van der Waals surface area contributed by atoms with E-state index in [1.165, 1.54) is 18.7 Å². The lowest BCUT2D eigenvalue weighted by Crippen LogP contribution is -2.34. The molecule has 6 heteroatoms. The van der Waals surface area contributed by atoms with Crippen molar-refractivity contribution in [3.63, 3.8) is 0 Å². The molecule has 1 aromatic heterocycles. The molecule has 1 saturated heterocycles. The standard InChI is InChI=1S/C14H13F2N3O/c15-11-6-13(19-3-1-9(17)2-4-19)12(16)5-10(11)14-7-18-8-20-14/h5-8,17H,1-4H2. The molecule has 0 bridgehead atoms. The minimum atomic E-state index is -0.543. The third kappa shape index (κ3) is 2.29. The molecule has 0 radical (unpaired) electrons. The quantitative estimate of drug-likeness (QED) is 0.916. The van der Waals surface area contributed by atoms with Gasteiger partial charge in [-0.15, -0.1) is 0 Å². The number of hydrogen-bond acceptors (Lipinski definition) is 4. The van der Waals surface area contributed by atoms with Crippen LogP contribution in [0.15, 0.2) is 29.1 Å². The Morgan fingerprint density at radius 1 is 1.15 bits per heavy atom. The van der Waals surface area contributed by atoms with E-state index in [4.69, 9.17) is 9.83 Å². The Bertz CT molecular complexity index is 630. The second kappa shape index (κ2) is 5.03. The molecule has 1 aromatic carbocycles. The fraction of sp³-hybridized carbons (Fsp3) is 0.286. The monoisotopic (exact) mass is 277 g/mol. The van der Waals surface area contributed by atoms with E-state index < -0.39 is 11.6 Å². The highest BCUT2D eigenvalue weighted by atomic mass is 19.1. The number of halogens is 2. The highest BCUT2D eigenvalue weighted by molar-refractivity contribution is 5.83. The summed E-state index contributed by atoms with van der Waals surface area (Å²) in [5, 5.41) is 7.55. The first-order valence-electron chi connectivity index (χ1n) is 6.34. The molecule has 4 nitrogen and oxygen atoms in total. The van der Waals surface area contributed by atoms with Gasteiger partial charge in [0, 0.05) is 37.7 Å². The summed E-state index contributed by atoms with van der Waals surface area (Å²) in [5.41, 5.74) is 0.951. The highest BCUT2D eigenvalue weighted by Gasteiger charge is 2.20. The van der Waals surface area contributed by atoms with Gasteiger partial charge in [0.25, 0.3) is 0 Å². The van der Waals surface area contributed by atoms with E-state index in [2.05, 4.69) is 4.98 Å². The van der Waals surface area contributed by atoms with Gasteiger partial charge in [-0.3, -0.25) is 0 Å². The highest BCUT2D eigenvalue weighted by Crippen LogP contribution is 2.30. The summed E-state index contributed by atoms with van der Waals surface area (Å²) in [6.07, 6.45) is 3.70. The molecular weight excluding hydrogens is 264 g/mol. The fourth-order valence-corrected chi connectivity index (χ4v) is 2.33. The molecule has 0 saturated carbocycles. The lowest BCUT2D eigenvalue weighted by atomic mass is 10.1. The van der Waals surface area contributed by atoms with Gasteiger partial charge in [-0.1, -0.05) is 0 Å². The fourth-order valence-electron chi connectivity index (χ4n) is 2.33. The van der Waals surface area contributed by atoms with E-state index in [9.17, 15) is 8.78 Å². The van der Waals surface area contributed by atoms with Crippen LogP contribution >= 0.6 is 0 Å². The SMILES string of the molecule is N=C1CCN(c2cc(F)c(-c3cnco3)cc2F)CC1. The lowest BCUT2D eigenvalue weighted by Gasteiger charge is -2.29. The minimum absolute atomic E-state index is 0.0634. The average molecular weight is 277 g/mol. The van der Waals surface area contributed by atoms with Gasteiger partial charge >= 0.3 is 0 Å². The van der Waals surface area contributed by atoms with Crippen LogP contribution in [0, 0.1) is 17.0 Å². The summed E-state index contributed by atoms with van der Waals surface area (Å²) in [6.45, 7) is 1.08. The van der Waals surface area contributed by atoms with Crippen LogP contribution in [0.2, 0.25) is 0 Å². The van der Waals surface area contributed by atoms with Crippen LogP contribution in [0.3, 0.4) is 0 Å². The van der Waals surface area contributed by atoms with Crippen molar-refractivity contribution in [1.29, 1.82) is 5.41 Å². The maximum Gasteiger partial charge on any atom is 0.181 e. The molecule has 0 amide bonds. The molecular formula is C14H13F2N3O. The molecule has 1 fully saturated rings. The average Bonchev–Trinajstić information content (AvgIpc) is 2.96. The maximum atomic E-state index is 14.2. The summed E-state index contributed by atoms with van der Waals surface area (Å²) < 4.78 is 33.3. The van der Waals surface area contributed by atoms with Crippen LogP contribution in [0.5, 0.6) is 0 Å². The molecule has 104 valence electrons. The van der Waals surface area contributed by atoms with E-state index >= 15 is 0 Å². The molecule has 0 spiro atoms. The molecule has 1 aliphatic rings. The van der Waals surface area contributed by atoms with E-state index in [0.717, 1.165) is 6.07 Å². The van der Waals surface area contributed by atoms with Crippen molar-refractivity contribution in [3.05, 3.63) is 36.4 Å². The lowest BCUT2D eigenvalue weighted by molar-refractivity contribution is 0.555. The second-order valence-electron chi connectivity index (χ2n) is 4.74. The number of nitrogens with one attached hydrogen (secondary N) is 1. The van der Waals surface area contributed by atoms with Gasteiger partial charge in [-0.2, -0.15) is 0 Å². The second-order valence-corrected chi connectivity index (χ2v) is 4.74. The number of rotatable bonds is 2. The van der Waals surface area contributed by atoms with Crippen LogP contribution < -0.4 is 4.90 Å². The first kappa shape index (κ1) is 12.8. The number of nitrogens with zero attached hydrogens (tertiary/aromatic N) is 2. The Balaban J connectivity index is 1.94. The van der Waals surface area contributed by atoms with Gasteiger partial charge in [0.15, 0.2) is 12.2 Å². The van der Waals surface area contributed by atoms with E-state index in [0.29, 0.717) is 31.6 Å². The minimum Gasteiger partial charge on any atom is -0.443 e. The van der Waals surface area contributed by atoms with Gasteiger partial charge in [0.1, 0.15) is 11.6 Å². The normalized spacial score (nSPS) is 15.7. The van der Waals surface area contributed by atoms with E-state index in [1.54, 1.807) is 4.90 Å². The first-order valence-corrected chi connectivity index (χ1v) is 6.34. The summed E-state index contributed by atoms with van der Waals surface area (Å²) >= 11 is 0. The first-order chi connectivity index (χ1) is 9.65. The number of hydrogen-bond donors (Lipinski definition) is 1. The Labute approximate surface area is 114 Å². The number of oxazole rings is 1. The van der Waals surface area contributed by atoms with Gasteiger partial charge < -0.3 is 14.7 Å². The zero-order chi connectivity index (χ0) is 14.1. The van der Waals surface area contributed by atoms with Crippen LogP contribution in [0.1, 0.15) is 12.8 Å². The predicted octanol–water partition coefficient (Wildman–Crippen LogP) is 3.24. The summed E-state index contributed by atoms with van der Waals surface area (Å²) in [7, 11) is 0. The van der Waals surface area contributed by atoms with Crippen molar-refractivity contribution in [2.45, 2.75) is 12.8 Å². The smallest absolute Gasteiger partial charge is 0.181 e. The van der Waals surface area contributed by atoms with Crippen LogP contribution in [-0.4, -0.2) is 23.8 Å². The third-order valence-electron chi connectivity index (χ3n) is 3.44. The van der Waals surface area contributed by atoms with Crippen molar-refractivity contribution in [1.82, 2.24) is 4.98 Å². The molecule has 3 rings (SSSR count).